The monoisotopic (exact) mass is 174 g/mol. The van der Waals surface area contributed by atoms with E-state index in [0.717, 1.165) is 19.4 Å². The van der Waals surface area contributed by atoms with E-state index in [1.165, 1.54) is 6.42 Å². The SMILES string of the molecule is C[N+]1(NC#N)CCCCC1Cl. The number of hydrogen-bond acceptors (Lipinski definition) is 2. The van der Waals surface area contributed by atoms with Crippen LogP contribution in [0.15, 0.2) is 0 Å². The van der Waals surface area contributed by atoms with Gasteiger partial charge in [-0.2, -0.15) is 10.7 Å². The van der Waals surface area contributed by atoms with Gasteiger partial charge in [-0.25, -0.2) is 4.59 Å². The van der Waals surface area contributed by atoms with Crippen molar-refractivity contribution in [3.05, 3.63) is 0 Å². The van der Waals surface area contributed by atoms with Crippen molar-refractivity contribution in [1.29, 1.82) is 5.26 Å². The summed E-state index contributed by atoms with van der Waals surface area (Å²) < 4.78 is 0.484. The van der Waals surface area contributed by atoms with E-state index in [9.17, 15) is 0 Å². The molecule has 2 atom stereocenters. The molecule has 1 rings (SSSR count). The number of rotatable bonds is 1. The molecule has 11 heavy (non-hydrogen) atoms. The third kappa shape index (κ3) is 1.76. The summed E-state index contributed by atoms with van der Waals surface area (Å²) in [4.78, 5) is 0. The first-order chi connectivity index (χ1) is 5.19. The number of nitrogens with zero attached hydrogens (tertiary/aromatic N) is 2. The van der Waals surface area contributed by atoms with Gasteiger partial charge in [-0.3, -0.25) is 0 Å². The molecule has 0 bridgehead atoms. The van der Waals surface area contributed by atoms with Gasteiger partial charge in [-0.15, -0.1) is 0 Å². The average molecular weight is 175 g/mol. The van der Waals surface area contributed by atoms with Crippen LogP contribution in [0.5, 0.6) is 0 Å². The van der Waals surface area contributed by atoms with Crippen molar-refractivity contribution < 1.29 is 4.59 Å². The molecule has 3 nitrogen and oxygen atoms in total. The maximum Gasteiger partial charge on any atom is 0.226 e. The third-order valence-electron chi connectivity index (χ3n) is 2.24. The lowest BCUT2D eigenvalue weighted by Gasteiger charge is -2.38. The molecule has 1 N–H and O–H groups in total. The number of alkyl halides is 1. The van der Waals surface area contributed by atoms with Gasteiger partial charge in [0.1, 0.15) is 6.54 Å². The second kappa shape index (κ2) is 3.29. The fraction of sp³-hybridized carbons (Fsp3) is 0.857. The number of halogens is 1. The van der Waals surface area contributed by atoms with E-state index < -0.39 is 0 Å². The van der Waals surface area contributed by atoms with E-state index in [2.05, 4.69) is 5.43 Å². The normalized spacial score (nSPS) is 37.7. The molecule has 0 amide bonds. The predicted molar refractivity (Wildman–Crippen MR) is 43.3 cm³/mol. The Hall–Kier alpha value is -0.460. The Bertz CT molecular complexity index is 177. The van der Waals surface area contributed by atoms with E-state index in [0.29, 0.717) is 4.59 Å². The molecule has 1 aliphatic heterocycles. The van der Waals surface area contributed by atoms with Crippen LogP contribution in [0, 0.1) is 11.5 Å². The lowest BCUT2D eigenvalue weighted by Crippen LogP contribution is -2.59. The highest BCUT2D eigenvalue weighted by Crippen LogP contribution is 2.23. The summed E-state index contributed by atoms with van der Waals surface area (Å²) in [5.41, 5.74) is 2.77. The van der Waals surface area contributed by atoms with Gasteiger partial charge in [0.05, 0.1) is 7.05 Å². The van der Waals surface area contributed by atoms with Crippen LogP contribution in [0.4, 0.5) is 0 Å². The van der Waals surface area contributed by atoms with Crippen molar-refractivity contribution in [2.24, 2.45) is 0 Å². The molecule has 0 aromatic heterocycles. The van der Waals surface area contributed by atoms with Crippen molar-refractivity contribution in [2.75, 3.05) is 13.6 Å². The molecule has 0 aliphatic carbocycles. The largest absolute Gasteiger partial charge is 0.226 e. The molecule has 2 unspecified atom stereocenters. The molecule has 0 aromatic carbocycles. The number of piperidine rings is 1. The Morgan fingerprint density at radius 3 is 2.91 bits per heavy atom. The van der Waals surface area contributed by atoms with E-state index in [4.69, 9.17) is 16.9 Å². The van der Waals surface area contributed by atoms with Gasteiger partial charge >= 0.3 is 0 Å². The first-order valence-electron chi connectivity index (χ1n) is 3.85. The van der Waals surface area contributed by atoms with Crippen LogP contribution < -0.4 is 5.43 Å². The smallest absolute Gasteiger partial charge is 0.201 e. The Labute approximate surface area is 72.1 Å². The third-order valence-corrected chi connectivity index (χ3v) is 2.89. The van der Waals surface area contributed by atoms with Crippen LogP contribution in [0.25, 0.3) is 0 Å². The summed E-state index contributed by atoms with van der Waals surface area (Å²) in [6, 6.07) is 0. The molecular weight excluding hydrogens is 162 g/mol. The number of nitriles is 1. The number of hydrogen-bond donors (Lipinski definition) is 1. The summed E-state index contributed by atoms with van der Waals surface area (Å²) in [5.74, 6) is 0. The number of nitrogens with one attached hydrogen (secondary N) is 1. The topological polar surface area (TPSA) is 35.8 Å². The minimum atomic E-state index is 0.0448. The predicted octanol–water partition coefficient (Wildman–Crippen LogP) is 1.17. The Kier molecular flexibility index (Phi) is 2.58. The summed E-state index contributed by atoms with van der Waals surface area (Å²) in [5, 5.41) is 8.47. The molecule has 1 heterocycles. The first kappa shape index (κ1) is 8.63. The first-order valence-corrected chi connectivity index (χ1v) is 4.28. The molecule has 0 aromatic rings. The lowest BCUT2D eigenvalue weighted by atomic mass is 10.1. The minimum Gasteiger partial charge on any atom is -0.201 e. The summed E-state index contributed by atoms with van der Waals surface area (Å²) in [7, 11) is 1.96. The molecule has 0 saturated carbocycles. The zero-order valence-corrected chi connectivity index (χ0v) is 7.43. The van der Waals surface area contributed by atoms with Crippen LogP contribution >= 0.6 is 11.6 Å². The minimum absolute atomic E-state index is 0.0448. The second-order valence-corrected chi connectivity index (χ2v) is 3.65. The fourth-order valence-electron chi connectivity index (χ4n) is 1.42. The Morgan fingerprint density at radius 1 is 1.64 bits per heavy atom. The average Bonchev–Trinajstić information content (AvgIpc) is 1.96. The van der Waals surface area contributed by atoms with Crippen molar-refractivity contribution in [2.45, 2.75) is 24.8 Å². The summed E-state index contributed by atoms with van der Waals surface area (Å²) in [6.07, 6.45) is 5.26. The van der Waals surface area contributed by atoms with Gasteiger partial charge in [0.25, 0.3) is 0 Å². The maximum absolute atomic E-state index is 8.47. The van der Waals surface area contributed by atoms with Crippen LogP contribution in [-0.2, 0) is 0 Å². The van der Waals surface area contributed by atoms with Crippen LogP contribution in [0.1, 0.15) is 19.3 Å². The van der Waals surface area contributed by atoms with Gasteiger partial charge in [0.2, 0.25) is 6.19 Å². The van der Waals surface area contributed by atoms with Crippen LogP contribution in [0.3, 0.4) is 0 Å². The Balaban J connectivity index is 2.58. The molecule has 4 heteroatoms. The van der Waals surface area contributed by atoms with Crippen molar-refractivity contribution >= 4 is 11.6 Å². The van der Waals surface area contributed by atoms with Crippen molar-refractivity contribution in [1.82, 2.24) is 5.43 Å². The van der Waals surface area contributed by atoms with E-state index in [1.807, 2.05) is 13.2 Å². The van der Waals surface area contributed by atoms with Gasteiger partial charge < -0.3 is 0 Å². The summed E-state index contributed by atoms with van der Waals surface area (Å²) in [6.45, 7) is 0.946. The number of quaternary nitrogens is 1. The number of likely N-dealkylation sites (tertiary alicyclic amines) is 1. The molecule has 0 radical (unpaired) electrons. The van der Waals surface area contributed by atoms with E-state index >= 15 is 0 Å². The van der Waals surface area contributed by atoms with Gasteiger partial charge in [0, 0.05) is 6.42 Å². The highest BCUT2D eigenvalue weighted by molar-refractivity contribution is 6.19. The summed E-state index contributed by atoms with van der Waals surface area (Å²) >= 11 is 6.06. The molecule has 62 valence electrons. The quantitative estimate of drug-likeness (QED) is 0.213. The fourth-order valence-corrected chi connectivity index (χ4v) is 1.72. The van der Waals surface area contributed by atoms with Crippen LogP contribution in [0.2, 0.25) is 0 Å². The molecule has 1 saturated heterocycles. The van der Waals surface area contributed by atoms with Crippen molar-refractivity contribution in [3.63, 3.8) is 0 Å². The zero-order valence-electron chi connectivity index (χ0n) is 6.68. The standard InChI is InChI=1S/C7H13ClN3/c1-11(10-6-9)5-3-2-4-7(11)8/h7,10H,2-5H2,1H3/q+1. The lowest BCUT2D eigenvalue weighted by molar-refractivity contribution is -0.960. The van der Waals surface area contributed by atoms with Crippen LogP contribution in [-0.4, -0.2) is 23.7 Å². The van der Waals surface area contributed by atoms with E-state index in [1.54, 1.807) is 0 Å². The van der Waals surface area contributed by atoms with Crippen molar-refractivity contribution in [3.8, 4) is 6.19 Å². The highest BCUT2D eigenvalue weighted by atomic mass is 35.5. The maximum atomic E-state index is 8.47. The molecular formula is C7H13ClN3+. The second-order valence-electron chi connectivity index (χ2n) is 3.15. The molecule has 1 aliphatic rings. The molecule has 1 fully saturated rings. The zero-order chi connectivity index (χ0) is 8.32. The van der Waals surface area contributed by atoms with Gasteiger partial charge in [0.15, 0.2) is 5.50 Å². The van der Waals surface area contributed by atoms with Gasteiger partial charge in [-0.1, -0.05) is 11.6 Å². The van der Waals surface area contributed by atoms with E-state index in [-0.39, 0.29) is 5.50 Å². The highest BCUT2D eigenvalue weighted by Gasteiger charge is 2.34. The molecule has 0 spiro atoms. The Morgan fingerprint density at radius 2 is 2.36 bits per heavy atom. The van der Waals surface area contributed by atoms with Gasteiger partial charge in [-0.05, 0) is 12.8 Å².